The summed E-state index contributed by atoms with van der Waals surface area (Å²) in [5, 5.41) is 2.86. The number of carbonyl (C=O) groups excluding carboxylic acids is 3. The topological polar surface area (TPSA) is 75.7 Å². The molecule has 1 heterocycles. The number of allylic oxidation sites excluding steroid dienone is 2. The average molecular weight is 382 g/mol. The lowest BCUT2D eigenvalue weighted by Gasteiger charge is -2.17. The van der Waals surface area contributed by atoms with Crippen molar-refractivity contribution in [3.05, 3.63) is 36.4 Å². The first-order valence-corrected chi connectivity index (χ1v) is 10.1. The number of benzene rings is 1. The van der Waals surface area contributed by atoms with Crippen molar-refractivity contribution >= 4 is 23.4 Å². The van der Waals surface area contributed by atoms with Gasteiger partial charge in [0.15, 0.2) is 0 Å². The Balaban J connectivity index is 1.17. The molecule has 148 valence electrons. The van der Waals surface area contributed by atoms with Gasteiger partial charge in [0.25, 0.3) is 0 Å². The first kappa shape index (κ1) is 18.7. The van der Waals surface area contributed by atoms with Gasteiger partial charge in [0.2, 0.25) is 17.7 Å². The molecule has 1 aliphatic heterocycles. The number of rotatable bonds is 8. The summed E-state index contributed by atoms with van der Waals surface area (Å²) in [5.41, 5.74) is 0.744. The Morgan fingerprint density at radius 3 is 2.29 bits per heavy atom. The van der Waals surface area contributed by atoms with Gasteiger partial charge in [-0.3, -0.25) is 19.3 Å². The van der Waals surface area contributed by atoms with Crippen LogP contribution in [0, 0.1) is 23.7 Å². The number of nitrogens with one attached hydrogen (secondary N) is 1. The summed E-state index contributed by atoms with van der Waals surface area (Å²) in [6, 6.07) is 7.22. The zero-order chi connectivity index (χ0) is 19.7. The number of anilines is 1. The fourth-order valence-corrected chi connectivity index (χ4v) is 4.81. The van der Waals surface area contributed by atoms with Crippen molar-refractivity contribution in [3.63, 3.8) is 0 Å². The van der Waals surface area contributed by atoms with Crippen LogP contribution in [-0.2, 0) is 14.4 Å². The fraction of sp³-hybridized carbons (Fsp3) is 0.500. The molecule has 0 spiro atoms. The standard InChI is InChI=1S/C22H26N2O4/c1-28-17-10-8-16(9-11-17)23-18(25)5-3-2-4-12-24-21(26)19-14-6-7-15(13-14)20(19)22(24)27/h6-11,14-15,19-20H,2-5,12-13H2,1H3,(H,23,25). The normalized spacial score (nSPS) is 27.4. The van der Waals surface area contributed by atoms with Gasteiger partial charge in [-0.15, -0.1) is 0 Å². The summed E-state index contributed by atoms with van der Waals surface area (Å²) in [4.78, 5) is 38.7. The lowest BCUT2D eigenvalue weighted by molar-refractivity contribution is -0.140. The van der Waals surface area contributed by atoms with E-state index < -0.39 is 0 Å². The van der Waals surface area contributed by atoms with Crippen LogP contribution >= 0.6 is 0 Å². The van der Waals surface area contributed by atoms with E-state index in [0.717, 1.165) is 37.1 Å². The van der Waals surface area contributed by atoms with Crippen molar-refractivity contribution < 1.29 is 19.1 Å². The van der Waals surface area contributed by atoms with Crippen molar-refractivity contribution in [3.8, 4) is 5.75 Å². The van der Waals surface area contributed by atoms with E-state index in [9.17, 15) is 14.4 Å². The van der Waals surface area contributed by atoms with E-state index >= 15 is 0 Å². The molecule has 28 heavy (non-hydrogen) atoms. The maximum atomic E-state index is 12.6. The molecule has 4 rings (SSSR count). The van der Waals surface area contributed by atoms with Gasteiger partial charge < -0.3 is 10.1 Å². The van der Waals surface area contributed by atoms with Gasteiger partial charge in [0.05, 0.1) is 18.9 Å². The molecular weight excluding hydrogens is 356 g/mol. The first-order chi connectivity index (χ1) is 13.6. The number of imide groups is 1. The number of carbonyl (C=O) groups is 3. The molecule has 0 radical (unpaired) electrons. The summed E-state index contributed by atoms with van der Waals surface area (Å²) in [5.74, 6) is 1.05. The Kier molecular flexibility index (Phi) is 5.20. The van der Waals surface area contributed by atoms with Gasteiger partial charge in [-0.05, 0) is 55.4 Å². The Morgan fingerprint density at radius 1 is 1.04 bits per heavy atom. The molecule has 4 unspecified atom stereocenters. The predicted octanol–water partition coefficient (Wildman–Crippen LogP) is 3.00. The second kappa shape index (κ2) is 7.78. The molecule has 1 N–H and O–H groups in total. The van der Waals surface area contributed by atoms with Crippen molar-refractivity contribution in [1.82, 2.24) is 4.90 Å². The van der Waals surface area contributed by atoms with Crippen LogP contribution in [0.3, 0.4) is 0 Å². The van der Waals surface area contributed by atoms with E-state index in [-0.39, 0.29) is 41.4 Å². The molecule has 0 aromatic heterocycles. The number of hydrogen-bond donors (Lipinski definition) is 1. The first-order valence-electron chi connectivity index (χ1n) is 10.1. The van der Waals surface area contributed by atoms with Gasteiger partial charge in [-0.2, -0.15) is 0 Å². The second-order valence-electron chi connectivity index (χ2n) is 7.92. The third-order valence-electron chi connectivity index (χ3n) is 6.22. The number of likely N-dealkylation sites (tertiary alicyclic amines) is 1. The lowest BCUT2D eigenvalue weighted by atomic mass is 9.85. The van der Waals surface area contributed by atoms with E-state index in [1.807, 2.05) is 0 Å². The highest BCUT2D eigenvalue weighted by Crippen LogP contribution is 2.52. The SMILES string of the molecule is COc1ccc(NC(=O)CCCCCN2C(=O)C3C4C=CC(C4)C3C2=O)cc1. The van der Waals surface area contributed by atoms with Gasteiger partial charge in [-0.1, -0.05) is 18.6 Å². The van der Waals surface area contributed by atoms with Crippen LogP contribution in [0.5, 0.6) is 5.75 Å². The molecule has 1 saturated heterocycles. The minimum atomic E-state index is -0.113. The van der Waals surface area contributed by atoms with E-state index in [1.54, 1.807) is 31.4 Å². The zero-order valence-corrected chi connectivity index (χ0v) is 16.1. The van der Waals surface area contributed by atoms with Crippen molar-refractivity contribution in [2.45, 2.75) is 32.1 Å². The van der Waals surface area contributed by atoms with E-state index in [1.165, 1.54) is 4.90 Å². The summed E-state index contributed by atoms with van der Waals surface area (Å²) in [6.07, 6.45) is 7.90. The highest BCUT2D eigenvalue weighted by molar-refractivity contribution is 6.06. The molecule has 6 nitrogen and oxygen atoms in total. The number of amides is 3. The van der Waals surface area contributed by atoms with Crippen LogP contribution in [0.4, 0.5) is 5.69 Å². The third-order valence-corrected chi connectivity index (χ3v) is 6.22. The maximum absolute atomic E-state index is 12.6. The number of ether oxygens (including phenoxy) is 1. The highest BCUT2D eigenvalue weighted by Gasteiger charge is 2.58. The molecule has 2 fully saturated rings. The van der Waals surface area contributed by atoms with Crippen LogP contribution in [0.2, 0.25) is 0 Å². The van der Waals surface area contributed by atoms with Gasteiger partial charge in [0, 0.05) is 18.7 Å². The van der Waals surface area contributed by atoms with Crippen molar-refractivity contribution in [2.24, 2.45) is 23.7 Å². The summed E-state index contributed by atoms with van der Waals surface area (Å²) in [6.45, 7) is 0.476. The second-order valence-corrected chi connectivity index (χ2v) is 7.92. The molecule has 1 aromatic rings. The number of fused-ring (bicyclic) bond motifs is 5. The highest BCUT2D eigenvalue weighted by atomic mass is 16.5. The lowest BCUT2D eigenvalue weighted by Crippen LogP contribution is -2.33. The Bertz CT molecular complexity index is 771. The molecule has 1 saturated carbocycles. The quantitative estimate of drug-likeness (QED) is 0.426. The molecule has 3 amide bonds. The number of unbranched alkanes of at least 4 members (excludes halogenated alkanes) is 2. The van der Waals surface area contributed by atoms with Gasteiger partial charge >= 0.3 is 0 Å². The van der Waals surface area contributed by atoms with Crippen molar-refractivity contribution in [1.29, 1.82) is 0 Å². The Hall–Kier alpha value is -2.63. The number of hydrogen-bond acceptors (Lipinski definition) is 4. The average Bonchev–Trinajstić information content (AvgIpc) is 3.37. The molecule has 4 atom stereocenters. The summed E-state index contributed by atoms with van der Waals surface area (Å²) >= 11 is 0. The van der Waals surface area contributed by atoms with E-state index in [2.05, 4.69) is 17.5 Å². The minimum Gasteiger partial charge on any atom is -0.497 e. The van der Waals surface area contributed by atoms with Crippen LogP contribution < -0.4 is 10.1 Å². The smallest absolute Gasteiger partial charge is 0.233 e. The molecule has 3 aliphatic rings. The van der Waals surface area contributed by atoms with E-state index in [0.29, 0.717) is 13.0 Å². The Labute approximate surface area is 164 Å². The zero-order valence-electron chi connectivity index (χ0n) is 16.1. The number of methoxy groups -OCH3 is 1. The molecular formula is C22H26N2O4. The van der Waals surface area contributed by atoms with Crippen LogP contribution in [0.25, 0.3) is 0 Å². The molecule has 6 heteroatoms. The monoisotopic (exact) mass is 382 g/mol. The molecule has 1 aromatic carbocycles. The third kappa shape index (κ3) is 3.43. The van der Waals surface area contributed by atoms with Gasteiger partial charge in [-0.25, -0.2) is 0 Å². The Morgan fingerprint density at radius 2 is 1.68 bits per heavy atom. The maximum Gasteiger partial charge on any atom is 0.233 e. The summed E-state index contributed by atoms with van der Waals surface area (Å²) in [7, 11) is 1.60. The van der Waals surface area contributed by atoms with Crippen LogP contribution in [0.15, 0.2) is 36.4 Å². The summed E-state index contributed by atoms with van der Waals surface area (Å²) < 4.78 is 5.09. The predicted molar refractivity (Wildman–Crippen MR) is 105 cm³/mol. The molecule has 2 bridgehead atoms. The molecule has 2 aliphatic carbocycles. The fourth-order valence-electron chi connectivity index (χ4n) is 4.81. The van der Waals surface area contributed by atoms with Crippen molar-refractivity contribution in [2.75, 3.05) is 19.0 Å². The van der Waals surface area contributed by atoms with E-state index in [4.69, 9.17) is 4.74 Å². The minimum absolute atomic E-state index is 0.0177. The van der Waals surface area contributed by atoms with Gasteiger partial charge in [0.1, 0.15) is 5.75 Å². The largest absolute Gasteiger partial charge is 0.497 e. The van der Waals surface area contributed by atoms with Crippen LogP contribution in [0.1, 0.15) is 32.1 Å². The number of nitrogens with zero attached hydrogens (tertiary/aromatic N) is 1. The van der Waals surface area contributed by atoms with Crippen LogP contribution in [-0.4, -0.2) is 36.3 Å².